The molecule has 0 fully saturated rings. The number of hydrogen-bond donors (Lipinski definition) is 0. The van der Waals surface area contributed by atoms with Gasteiger partial charge in [0.25, 0.3) is 0 Å². The topological polar surface area (TPSA) is 27.7 Å². The predicted octanol–water partition coefficient (Wildman–Crippen LogP) is 5.58. The van der Waals surface area contributed by atoms with Crippen molar-refractivity contribution in [1.29, 1.82) is 0 Å². The van der Waals surface area contributed by atoms with Crippen molar-refractivity contribution in [2.24, 2.45) is 0 Å². The van der Waals surface area contributed by atoms with E-state index in [0.717, 1.165) is 34.6 Å². The highest BCUT2D eigenvalue weighted by Crippen LogP contribution is 2.47. The molecule has 0 bridgehead atoms. The molecule has 3 aromatic carbocycles. The molecule has 0 aromatic heterocycles. The second kappa shape index (κ2) is 8.74. The minimum absolute atomic E-state index is 0.761. The molecule has 139 valence electrons. The van der Waals surface area contributed by atoms with Gasteiger partial charge in [0, 0.05) is 11.1 Å². The summed E-state index contributed by atoms with van der Waals surface area (Å²) in [6.07, 6.45) is 0.777. The lowest BCUT2D eigenvalue weighted by Crippen LogP contribution is -2.33. The average molecular weight is 361 g/mol. The molecule has 3 nitrogen and oxygen atoms in total. The number of benzene rings is 3. The molecule has 0 amide bonds. The highest BCUT2D eigenvalue weighted by atomic mass is 16.5. The first kappa shape index (κ1) is 19.0. The molecule has 1 radical (unpaired) electrons. The molecule has 0 saturated heterocycles. The Labute approximate surface area is 161 Å². The molecule has 27 heavy (non-hydrogen) atoms. The second-order valence-electron chi connectivity index (χ2n) is 6.14. The average Bonchev–Trinajstić information content (AvgIpc) is 2.75. The van der Waals surface area contributed by atoms with Crippen LogP contribution in [-0.4, -0.2) is 14.2 Å². The molecule has 0 saturated carbocycles. The summed E-state index contributed by atoms with van der Waals surface area (Å²) in [5.74, 6) is 1.52. The van der Waals surface area contributed by atoms with Gasteiger partial charge in [-0.1, -0.05) is 73.7 Å². The van der Waals surface area contributed by atoms with Gasteiger partial charge < -0.3 is 14.2 Å². The van der Waals surface area contributed by atoms with Crippen LogP contribution in [0, 0.1) is 6.61 Å². The van der Waals surface area contributed by atoms with Crippen molar-refractivity contribution in [2.75, 3.05) is 14.2 Å². The van der Waals surface area contributed by atoms with Gasteiger partial charge in [-0.3, -0.25) is 0 Å². The maximum atomic E-state index is 6.54. The summed E-state index contributed by atoms with van der Waals surface area (Å²) in [5, 5.41) is 0. The molecular formula is C24H25O3. The zero-order chi connectivity index (χ0) is 19.1. The molecule has 0 heterocycles. The summed E-state index contributed by atoms with van der Waals surface area (Å²) in [6.45, 7) is 3.89. The van der Waals surface area contributed by atoms with Gasteiger partial charge in [-0.2, -0.15) is 0 Å². The number of rotatable bonds is 8. The molecule has 3 heteroatoms. The van der Waals surface area contributed by atoms with Crippen LogP contribution in [0.5, 0.6) is 11.5 Å². The highest BCUT2D eigenvalue weighted by molar-refractivity contribution is 5.56. The van der Waals surface area contributed by atoms with E-state index in [1.807, 2.05) is 73.3 Å². The van der Waals surface area contributed by atoms with Gasteiger partial charge in [0.1, 0.15) is 11.5 Å². The van der Waals surface area contributed by atoms with Gasteiger partial charge in [-0.15, -0.1) is 0 Å². The lowest BCUT2D eigenvalue weighted by molar-refractivity contribution is 0.0543. The van der Waals surface area contributed by atoms with E-state index in [-0.39, 0.29) is 0 Å². The van der Waals surface area contributed by atoms with Crippen molar-refractivity contribution in [3.8, 4) is 11.5 Å². The van der Waals surface area contributed by atoms with E-state index >= 15 is 0 Å². The van der Waals surface area contributed by atoms with Crippen molar-refractivity contribution < 1.29 is 14.2 Å². The monoisotopic (exact) mass is 361 g/mol. The maximum Gasteiger partial charge on any atom is 0.151 e. The number of ether oxygens (including phenoxy) is 3. The summed E-state index contributed by atoms with van der Waals surface area (Å²) < 4.78 is 18.0. The number of hydrogen-bond acceptors (Lipinski definition) is 3. The Balaban J connectivity index is 2.39. The largest absolute Gasteiger partial charge is 0.496 e. The summed E-state index contributed by atoms with van der Waals surface area (Å²) in [5.41, 5.74) is 1.96. The third-order valence-corrected chi connectivity index (χ3v) is 4.58. The minimum atomic E-state index is -0.892. The Bertz CT molecular complexity index is 811. The first-order valence-electron chi connectivity index (χ1n) is 9.10. The lowest BCUT2D eigenvalue weighted by Gasteiger charge is -2.37. The predicted molar refractivity (Wildman–Crippen MR) is 108 cm³/mol. The Morgan fingerprint density at radius 2 is 1.19 bits per heavy atom. The lowest BCUT2D eigenvalue weighted by atomic mass is 9.79. The Kier molecular flexibility index (Phi) is 6.15. The van der Waals surface area contributed by atoms with Gasteiger partial charge in [-0.25, -0.2) is 0 Å². The third-order valence-electron chi connectivity index (χ3n) is 4.58. The summed E-state index contributed by atoms with van der Waals surface area (Å²) in [7, 11) is 3.36. The minimum Gasteiger partial charge on any atom is -0.496 e. The summed E-state index contributed by atoms with van der Waals surface area (Å²) >= 11 is 0. The van der Waals surface area contributed by atoms with Crippen molar-refractivity contribution >= 4 is 0 Å². The van der Waals surface area contributed by atoms with Gasteiger partial charge >= 0.3 is 0 Å². The van der Waals surface area contributed by atoms with Crippen LogP contribution in [0.1, 0.15) is 30.0 Å². The number of methoxy groups -OCH3 is 2. The van der Waals surface area contributed by atoms with Gasteiger partial charge in [-0.05, 0) is 24.1 Å². The Morgan fingerprint density at radius 1 is 0.704 bits per heavy atom. The fraction of sp³-hybridized carbons (Fsp3) is 0.208. The van der Waals surface area contributed by atoms with Crippen LogP contribution in [0.15, 0.2) is 78.9 Å². The molecule has 0 N–H and O–H groups in total. The normalized spacial score (nSPS) is 11.2. The van der Waals surface area contributed by atoms with Crippen LogP contribution in [-0.2, 0) is 10.3 Å². The van der Waals surface area contributed by atoms with Crippen LogP contribution in [0.4, 0.5) is 0 Å². The SMILES string of the molecule is CC[CH]OC(c1ccccc1)(c1ccccc1OC)c1ccccc1OC. The fourth-order valence-electron chi connectivity index (χ4n) is 3.40. The molecule has 0 unspecified atom stereocenters. The van der Waals surface area contributed by atoms with Crippen LogP contribution < -0.4 is 9.47 Å². The van der Waals surface area contributed by atoms with Gasteiger partial charge in [0.15, 0.2) is 5.60 Å². The van der Waals surface area contributed by atoms with Crippen LogP contribution in [0.25, 0.3) is 0 Å². The summed E-state index contributed by atoms with van der Waals surface area (Å²) in [6, 6.07) is 26.1. The smallest absolute Gasteiger partial charge is 0.151 e. The van der Waals surface area contributed by atoms with Crippen molar-refractivity contribution in [3.63, 3.8) is 0 Å². The quantitative estimate of drug-likeness (QED) is 0.490. The molecule has 0 atom stereocenters. The van der Waals surface area contributed by atoms with E-state index in [4.69, 9.17) is 14.2 Å². The third kappa shape index (κ3) is 3.56. The molecule has 3 rings (SSSR count). The zero-order valence-electron chi connectivity index (χ0n) is 16.0. The Morgan fingerprint density at radius 3 is 1.67 bits per heavy atom. The van der Waals surface area contributed by atoms with Gasteiger partial charge in [0.2, 0.25) is 0 Å². The summed E-state index contributed by atoms with van der Waals surface area (Å²) in [4.78, 5) is 0. The van der Waals surface area contributed by atoms with E-state index < -0.39 is 5.60 Å². The second-order valence-corrected chi connectivity index (χ2v) is 6.14. The maximum absolute atomic E-state index is 6.54. The van der Waals surface area contributed by atoms with Gasteiger partial charge in [0.05, 0.1) is 20.8 Å². The first-order valence-corrected chi connectivity index (χ1v) is 9.10. The molecule has 0 aliphatic rings. The van der Waals surface area contributed by atoms with Crippen LogP contribution in [0.3, 0.4) is 0 Å². The molecule has 0 aliphatic heterocycles. The Hall–Kier alpha value is -2.78. The molecule has 3 aromatic rings. The van der Waals surface area contributed by atoms with E-state index in [1.54, 1.807) is 14.2 Å². The highest BCUT2D eigenvalue weighted by Gasteiger charge is 2.41. The van der Waals surface area contributed by atoms with E-state index in [1.165, 1.54) is 0 Å². The first-order chi connectivity index (χ1) is 13.3. The van der Waals surface area contributed by atoms with Crippen LogP contribution >= 0.6 is 0 Å². The van der Waals surface area contributed by atoms with Crippen molar-refractivity contribution in [1.82, 2.24) is 0 Å². The number of para-hydroxylation sites is 2. The zero-order valence-corrected chi connectivity index (χ0v) is 16.0. The van der Waals surface area contributed by atoms with Crippen LogP contribution in [0.2, 0.25) is 0 Å². The van der Waals surface area contributed by atoms with E-state index in [2.05, 4.69) is 19.1 Å². The molecule has 0 spiro atoms. The van der Waals surface area contributed by atoms with E-state index in [0.29, 0.717) is 0 Å². The van der Waals surface area contributed by atoms with Crippen molar-refractivity contribution in [2.45, 2.75) is 18.9 Å². The molecular weight excluding hydrogens is 336 g/mol. The molecule has 0 aliphatic carbocycles. The van der Waals surface area contributed by atoms with Crippen molar-refractivity contribution in [3.05, 3.63) is 102 Å². The standard InChI is InChI=1S/C24H25O3/c1-4-18-27-24(19-12-6-5-7-13-19,20-14-8-10-16-22(20)25-2)21-15-9-11-17-23(21)26-3/h5-18H,4H2,1-3H3. The fourth-order valence-corrected chi connectivity index (χ4v) is 3.40. The van der Waals surface area contributed by atoms with E-state index in [9.17, 15) is 0 Å².